The largest absolute Gasteiger partial charge is 0.439 e. The van der Waals surface area contributed by atoms with E-state index in [1.165, 1.54) is 31.3 Å². The van der Waals surface area contributed by atoms with Crippen molar-refractivity contribution in [2.75, 3.05) is 12.4 Å². The second kappa shape index (κ2) is 5.71. The van der Waals surface area contributed by atoms with Crippen LogP contribution in [0, 0.1) is 11.3 Å². The molecule has 1 aromatic heterocycles. The van der Waals surface area contributed by atoms with E-state index in [-0.39, 0.29) is 11.7 Å². The highest BCUT2D eigenvalue weighted by Gasteiger charge is 2.32. The van der Waals surface area contributed by atoms with Crippen molar-refractivity contribution in [2.24, 2.45) is 0 Å². The minimum atomic E-state index is -4.49. The predicted molar refractivity (Wildman–Crippen MR) is 70.0 cm³/mol. The van der Waals surface area contributed by atoms with E-state index < -0.39 is 11.7 Å². The second-order valence-corrected chi connectivity index (χ2v) is 4.07. The minimum Gasteiger partial charge on any atom is -0.439 e. The number of alkyl halides is 3. The van der Waals surface area contributed by atoms with Crippen LogP contribution in [0.1, 0.15) is 11.1 Å². The van der Waals surface area contributed by atoms with Gasteiger partial charge < -0.3 is 10.1 Å². The van der Waals surface area contributed by atoms with Gasteiger partial charge in [-0.3, -0.25) is 0 Å². The number of hydrogen-bond acceptors (Lipinski definition) is 4. The zero-order chi connectivity index (χ0) is 15.5. The number of ether oxygens (including phenoxy) is 1. The molecule has 0 aliphatic carbocycles. The fourth-order valence-corrected chi connectivity index (χ4v) is 1.57. The first-order valence-electron chi connectivity index (χ1n) is 5.87. The van der Waals surface area contributed by atoms with Gasteiger partial charge in [-0.25, -0.2) is 0 Å². The number of nitrogens with zero attached hydrogens (tertiary/aromatic N) is 2. The van der Waals surface area contributed by atoms with Crippen LogP contribution in [0.5, 0.6) is 11.6 Å². The van der Waals surface area contributed by atoms with Crippen molar-refractivity contribution in [3.8, 4) is 17.7 Å². The lowest BCUT2D eigenvalue weighted by molar-refractivity contribution is -0.137. The second-order valence-electron chi connectivity index (χ2n) is 4.07. The Morgan fingerprint density at radius 2 is 1.86 bits per heavy atom. The molecule has 0 unspecified atom stereocenters. The highest BCUT2D eigenvalue weighted by molar-refractivity contribution is 5.43. The number of halogens is 3. The summed E-state index contributed by atoms with van der Waals surface area (Å²) in [6.07, 6.45) is -4.49. The van der Waals surface area contributed by atoms with Crippen LogP contribution in [0.2, 0.25) is 0 Å². The molecule has 0 amide bonds. The molecule has 7 heteroatoms. The average Bonchev–Trinajstić information content (AvgIpc) is 2.46. The molecule has 0 aliphatic rings. The van der Waals surface area contributed by atoms with Crippen LogP contribution in [0.15, 0.2) is 36.4 Å². The molecule has 0 bridgehead atoms. The number of hydrogen-bond donors (Lipinski definition) is 1. The molecule has 2 aromatic rings. The molecule has 0 atom stereocenters. The Hall–Kier alpha value is -2.75. The Balaban J connectivity index is 2.32. The van der Waals surface area contributed by atoms with Gasteiger partial charge >= 0.3 is 6.18 Å². The van der Waals surface area contributed by atoms with E-state index in [0.717, 1.165) is 12.1 Å². The fourth-order valence-electron chi connectivity index (χ4n) is 1.57. The zero-order valence-electron chi connectivity index (χ0n) is 10.9. The first kappa shape index (κ1) is 14.7. The maximum absolute atomic E-state index is 12.8. The smallest absolute Gasteiger partial charge is 0.416 e. The lowest BCUT2D eigenvalue weighted by atomic mass is 10.2. The van der Waals surface area contributed by atoms with Crippen molar-refractivity contribution < 1.29 is 17.9 Å². The average molecular weight is 293 g/mol. The van der Waals surface area contributed by atoms with E-state index in [1.54, 1.807) is 0 Å². The lowest BCUT2D eigenvalue weighted by Crippen LogP contribution is -2.07. The molecule has 0 radical (unpaired) electrons. The van der Waals surface area contributed by atoms with Crippen molar-refractivity contribution in [2.45, 2.75) is 6.18 Å². The topological polar surface area (TPSA) is 57.9 Å². The zero-order valence-corrected chi connectivity index (χ0v) is 10.9. The van der Waals surface area contributed by atoms with Gasteiger partial charge in [0.15, 0.2) is 0 Å². The van der Waals surface area contributed by atoms with E-state index in [4.69, 9.17) is 10.00 Å². The van der Waals surface area contributed by atoms with Crippen molar-refractivity contribution in [3.05, 3.63) is 47.5 Å². The molecule has 0 fully saturated rings. The van der Waals surface area contributed by atoms with Gasteiger partial charge in [0, 0.05) is 13.1 Å². The number of anilines is 1. The van der Waals surface area contributed by atoms with Crippen molar-refractivity contribution in [1.82, 2.24) is 4.98 Å². The first-order chi connectivity index (χ1) is 9.92. The highest BCUT2D eigenvalue weighted by atomic mass is 19.4. The van der Waals surface area contributed by atoms with Gasteiger partial charge in [0.25, 0.3) is 0 Å². The summed E-state index contributed by atoms with van der Waals surface area (Å²) in [6, 6.07) is 9.62. The van der Waals surface area contributed by atoms with E-state index in [0.29, 0.717) is 11.3 Å². The van der Waals surface area contributed by atoms with Crippen LogP contribution >= 0.6 is 0 Å². The fraction of sp³-hybridized carbons (Fsp3) is 0.143. The van der Waals surface area contributed by atoms with Crippen LogP contribution in [0.3, 0.4) is 0 Å². The van der Waals surface area contributed by atoms with Gasteiger partial charge in [-0.05, 0) is 30.3 Å². The molecule has 2 rings (SSSR count). The Kier molecular flexibility index (Phi) is 3.98. The first-order valence-corrected chi connectivity index (χ1v) is 5.87. The van der Waals surface area contributed by atoms with Crippen LogP contribution in [-0.4, -0.2) is 12.0 Å². The predicted octanol–water partition coefficient (Wildman–Crippen LogP) is 3.81. The van der Waals surface area contributed by atoms with Crippen molar-refractivity contribution in [1.29, 1.82) is 5.26 Å². The molecule has 0 saturated heterocycles. The summed E-state index contributed by atoms with van der Waals surface area (Å²) in [4.78, 5) is 3.90. The van der Waals surface area contributed by atoms with E-state index in [1.807, 2.05) is 6.07 Å². The van der Waals surface area contributed by atoms with Crippen LogP contribution in [-0.2, 0) is 6.18 Å². The molecule has 0 saturated carbocycles. The van der Waals surface area contributed by atoms with Gasteiger partial charge in [-0.2, -0.15) is 23.4 Å². The summed E-state index contributed by atoms with van der Waals surface area (Å²) in [7, 11) is 1.47. The Morgan fingerprint density at radius 1 is 1.19 bits per heavy atom. The molecule has 1 heterocycles. The van der Waals surface area contributed by atoms with Gasteiger partial charge in [-0.1, -0.05) is 0 Å². The molecule has 1 aromatic carbocycles. The molecule has 4 nitrogen and oxygen atoms in total. The van der Waals surface area contributed by atoms with E-state index in [2.05, 4.69) is 10.3 Å². The quantitative estimate of drug-likeness (QED) is 0.935. The third-order valence-corrected chi connectivity index (χ3v) is 2.59. The Morgan fingerprint density at radius 3 is 2.38 bits per heavy atom. The maximum atomic E-state index is 12.8. The van der Waals surface area contributed by atoms with E-state index in [9.17, 15) is 13.2 Å². The van der Waals surface area contributed by atoms with Gasteiger partial charge in [0.2, 0.25) is 5.88 Å². The number of nitrogens with one attached hydrogen (secondary N) is 1. The third kappa shape index (κ3) is 3.63. The SMILES string of the molecule is CNc1cc(C(F)(F)F)cc(Oc2ccc(C#N)cc2)n1. The maximum Gasteiger partial charge on any atom is 0.416 e. The van der Waals surface area contributed by atoms with Crippen LogP contribution in [0.4, 0.5) is 19.0 Å². The summed E-state index contributed by atoms with van der Waals surface area (Å²) >= 11 is 0. The van der Waals surface area contributed by atoms with Crippen LogP contribution in [0.25, 0.3) is 0 Å². The standard InChI is InChI=1S/C14H10F3N3O/c1-19-12-6-10(14(15,16)17)7-13(20-12)21-11-4-2-9(8-18)3-5-11/h2-7H,1H3,(H,19,20). The number of benzene rings is 1. The summed E-state index contributed by atoms with van der Waals surface area (Å²) in [5.74, 6) is 0.162. The monoisotopic (exact) mass is 293 g/mol. The van der Waals surface area contributed by atoms with E-state index >= 15 is 0 Å². The molecule has 21 heavy (non-hydrogen) atoms. The Labute approximate surface area is 118 Å². The molecular formula is C14H10F3N3O. The third-order valence-electron chi connectivity index (χ3n) is 2.59. The Bertz CT molecular complexity index is 675. The number of aromatic nitrogens is 1. The molecule has 0 spiro atoms. The molecule has 1 N–H and O–H groups in total. The molecule has 108 valence electrons. The van der Waals surface area contributed by atoms with Gasteiger partial charge in [0.05, 0.1) is 17.2 Å². The summed E-state index contributed by atoms with van der Waals surface area (Å²) in [5.41, 5.74) is -0.430. The minimum absolute atomic E-state index is 0.0495. The lowest BCUT2D eigenvalue weighted by Gasteiger charge is -2.11. The number of pyridine rings is 1. The highest BCUT2D eigenvalue weighted by Crippen LogP contribution is 2.33. The normalized spacial score (nSPS) is 10.8. The van der Waals surface area contributed by atoms with Crippen molar-refractivity contribution >= 4 is 5.82 Å². The summed E-state index contributed by atoms with van der Waals surface area (Å²) in [6.45, 7) is 0. The summed E-state index contributed by atoms with van der Waals surface area (Å²) in [5, 5.41) is 11.2. The number of rotatable bonds is 3. The molecular weight excluding hydrogens is 283 g/mol. The van der Waals surface area contributed by atoms with Crippen molar-refractivity contribution in [3.63, 3.8) is 0 Å². The summed E-state index contributed by atoms with van der Waals surface area (Å²) < 4.78 is 43.6. The molecule has 0 aliphatic heterocycles. The van der Waals surface area contributed by atoms with Crippen LogP contribution < -0.4 is 10.1 Å². The van der Waals surface area contributed by atoms with Gasteiger partial charge in [-0.15, -0.1) is 0 Å². The number of nitriles is 1. The van der Waals surface area contributed by atoms with Gasteiger partial charge in [0.1, 0.15) is 11.6 Å².